The third kappa shape index (κ3) is 5.96. The highest BCUT2D eigenvalue weighted by Crippen LogP contribution is 2.18. The maximum atomic E-state index is 5.85. The Hall–Kier alpha value is -0.350. The monoisotopic (exact) mass is 513 g/mol. The highest BCUT2D eigenvalue weighted by atomic mass is 127. The normalized spacial score (nSPS) is 11.0. The molecule has 0 aliphatic heterocycles. The number of benzene rings is 1. The zero-order valence-corrected chi connectivity index (χ0v) is 16.4. The molecule has 0 unspecified atom stereocenters. The fourth-order valence-corrected chi connectivity index (χ4v) is 3.34. The van der Waals surface area contributed by atoms with Crippen molar-refractivity contribution in [2.75, 3.05) is 11.9 Å². The third-order valence-electron chi connectivity index (χ3n) is 2.59. The molecule has 0 saturated carbocycles. The van der Waals surface area contributed by atoms with E-state index in [0.29, 0.717) is 12.5 Å². The van der Waals surface area contributed by atoms with Gasteiger partial charge in [-0.2, -0.15) is 0 Å². The molecule has 108 valence electrons. The summed E-state index contributed by atoms with van der Waals surface area (Å²) < 4.78 is 1.31. The van der Waals surface area contributed by atoms with Gasteiger partial charge in [-0.05, 0) is 53.8 Å². The Balaban J connectivity index is 0.00000200. The molecule has 2 rings (SSSR count). The largest absolute Gasteiger partial charge is 0.370 e. The number of nitrogens with two attached hydrogens (primary N) is 1. The second-order valence-electron chi connectivity index (χ2n) is 4.21. The molecule has 0 atom stereocenters. The van der Waals surface area contributed by atoms with Crippen molar-refractivity contribution in [1.82, 2.24) is 0 Å². The van der Waals surface area contributed by atoms with E-state index in [9.17, 15) is 0 Å². The van der Waals surface area contributed by atoms with Crippen LogP contribution in [-0.2, 0) is 6.42 Å². The van der Waals surface area contributed by atoms with Crippen molar-refractivity contribution >= 4 is 69.6 Å². The molecule has 0 bridgehead atoms. The van der Waals surface area contributed by atoms with Gasteiger partial charge < -0.3 is 11.1 Å². The molecule has 0 spiro atoms. The SMILES string of the molecule is Cc1ccc(NC(N)=NCCc2ccc(I)s2)cc1.I. The summed E-state index contributed by atoms with van der Waals surface area (Å²) in [5, 5.41) is 3.09. The summed E-state index contributed by atoms with van der Waals surface area (Å²) in [5.74, 6) is 0.468. The van der Waals surface area contributed by atoms with Crippen LogP contribution in [0.2, 0.25) is 0 Å². The number of rotatable bonds is 4. The van der Waals surface area contributed by atoms with Crippen LogP contribution in [0.1, 0.15) is 10.4 Å². The molecule has 6 heteroatoms. The van der Waals surface area contributed by atoms with Gasteiger partial charge in [0.25, 0.3) is 0 Å². The van der Waals surface area contributed by atoms with E-state index in [2.05, 4.69) is 52.0 Å². The standard InChI is InChI=1S/C14H16IN3S.HI/c1-10-2-4-11(5-3-10)18-14(16)17-9-8-12-6-7-13(15)19-12;/h2-7H,8-9H2,1H3,(H3,16,17,18);1H. The fraction of sp³-hybridized carbons (Fsp3) is 0.214. The van der Waals surface area contributed by atoms with Gasteiger partial charge in [-0.15, -0.1) is 35.3 Å². The number of nitrogens with zero attached hydrogens (tertiary/aromatic N) is 1. The lowest BCUT2D eigenvalue weighted by atomic mass is 10.2. The summed E-state index contributed by atoms with van der Waals surface area (Å²) in [4.78, 5) is 5.68. The molecule has 1 aromatic heterocycles. The summed E-state index contributed by atoms with van der Waals surface area (Å²) in [6.45, 7) is 2.77. The lowest BCUT2D eigenvalue weighted by Gasteiger charge is -2.05. The van der Waals surface area contributed by atoms with Crippen LogP contribution in [0.3, 0.4) is 0 Å². The Labute approximate surface area is 154 Å². The molecular formula is C14H17I2N3S. The van der Waals surface area contributed by atoms with Crippen LogP contribution in [0.15, 0.2) is 41.4 Å². The Kier molecular flexibility index (Phi) is 7.82. The molecule has 3 nitrogen and oxygen atoms in total. The van der Waals surface area contributed by atoms with Crippen molar-refractivity contribution < 1.29 is 0 Å². The van der Waals surface area contributed by atoms with Crippen LogP contribution in [0.5, 0.6) is 0 Å². The summed E-state index contributed by atoms with van der Waals surface area (Å²) in [5.41, 5.74) is 8.05. The van der Waals surface area contributed by atoms with Crippen molar-refractivity contribution in [3.63, 3.8) is 0 Å². The van der Waals surface area contributed by atoms with Crippen molar-refractivity contribution in [2.45, 2.75) is 13.3 Å². The molecule has 0 saturated heterocycles. The van der Waals surface area contributed by atoms with Crippen molar-refractivity contribution in [3.05, 3.63) is 49.7 Å². The minimum absolute atomic E-state index is 0. The molecule has 1 heterocycles. The van der Waals surface area contributed by atoms with Crippen LogP contribution in [0, 0.1) is 9.81 Å². The first-order chi connectivity index (χ1) is 9.13. The number of halogens is 2. The molecule has 0 amide bonds. The van der Waals surface area contributed by atoms with Gasteiger partial charge in [-0.3, -0.25) is 4.99 Å². The second kappa shape index (κ2) is 8.83. The molecule has 3 N–H and O–H groups in total. The molecule has 20 heavy (non-hydrogen) atoms. The van der Waals surface area contributed by atoms with E-state index in [1.54, 1.807) is 11.3 Å². The van der Waals surface area contributed by atoms with E-state index in [0.717, 1.165) is 12.1 Å². The number of thiophene rings is 1. The first-order valence-electron chi connectivity index (χ1n) is 6.01. The quantitative estimate of drug-likeness (QED) is 0.365. The summed E-state index contributed by atoms with van der Waals surface area (Å²) in [6, 6.07) is 12.4. The number of hydrogen-bond donors (Lipinski definition) is 2. The van der Waals surface area contributed by atoms with E-state index in [1.165, 1.54) is 13.3 Å². The van der Waals surface area contributed by atoms with Gasteiger partial charge in [0.15, 0.2) is 5.96 Å². The zero-order valence-electron chi connectivity index (χ0n) is 11.1. The van der Waals surface area contributed by atoms with E-state index in [4.69, 9.17) is 5.73 Å². The van der Waals surface area contributed by atoms with Gasteiger partial charge in [0.1, 0.15) is 0 Å². The van der Waals surface area contributed by atoms with Crippen LogP contribution in [0.25, 0.3) is 0 Å². The van der Waals surface area contributed by atoms with E-state index < -0.39 is 0 Å². The number of aryl methyl sites for hydroxylation is 1. The Bertz CT molecular complexity index is 564. The Morgan fingerprint density at radius 2 is 1.95 bits per heavy atom. The van der Waals surface area contributed by atoms with Gasteiger partial charge in [0.2, 0.25) is 0 Å². The van der Waals surface area contributed by atoms with Crippen LogP contribution in [-0.4, -0.2) is 12.5 Å². The second-order valence-corrected chi connectivity index (χ2v) is 7.28. The molecular weight excluding hydrogens is 496 g/mol. The minimum atomic E-state index is 0. The molecule has 0 radical (unpaired) electrons. The third-order valence-corrected chi connectivity index (χ3v) is 4.55. The highest BCUT2D eigenvalue weighted by molar-refractivity contribution is 14.1. The summed E-state index contributed by atoms with van der Waals surface area (Å²) in [7, 11) is 0. The van der Waals surface area contributed by atoms with Crippen molar-refractivity contribution in [3.8, 4) is 0 Å². The van der Waals surface area contributed by atoms with Crippen molar-refractivity contribution in [2.24, 2.45) is 10.7 Å². The number of guanidine groups is 1. The highest BCUT2D eigenvalue weighted by Gasteiger charge is 1.98. The Morgan fingerprint density at radius 3 is 2.55 bits per heavy atom. The lowest BCUT2D eigenvalue weighted by Crippen LogP contribution is -2.23. The van der Waals surface area contributed by atoms with Gasteiger partial charge in [-0.1, -0.05) is 17.7 Å². The molecule has 1 aromatic carbocycles. The Morgan fingerprint density at radius 1 is 1.25 bits per heavy atom. The zero-order chi connectivity index (χ0) is 13.7. The van der Waals surface area contributed by atoms with Crippen LogP contribution < -0.4 is 11.1 Å². The van der Waals surface area contributed by atoms with Gasteiger partial charge >= 0.3 is 0 Å². The number of anilines is 1. The maximum absolute atomic E-state index is 5.85. The van der Waals surface area contributed by atoms with Crippen LogP contribution in [0.4, 0.5) is 5.69 Å². The topological polar surface area (TPSA) is 50.4 Å². The first-order valence-corrected chi connectivity index (χ1v) is 7.91. The van der Waals surface area contributed by atoms with Gasteiger partial charge in [0, 0.05) is 23.5 Å². The number of aliphatic imine (C=N–C) groups is 1. The average molecular weight is 513 g/mol. The number of hydrogen-bond acceptors (Lipinski definition) is 2. The van der Waals surface area contributed by atoms with E-state index >= 15 is 0 Å². The summed E-state index contributed by atoms with van der Waals surface area (Å²) in [6.07, 6.45) is 0.934. The average Bonchev–Trinajstić information content (AvgIpc) is 2.78. The lowest BCUT2D eigenvalue weighted by molar-refractivity contribution is 0.983. The van der Waals surface area contributed by atoms with Crippen LogP contribution >= 0.6 is 57.9 Å². The predicted molar refractivity (Wildman–Crippen MR) is 107 cm³/mol. The summed E-state index contributed by atoms with van der Waals surface area (Å²) >= 11 is 4.13. The smallest absolute Gasteiger partial charge is 0.193 e. The fourth-order valence-electron chi connectivity index (χ4n) is 1.60. The number of nitrogens with one attached hydrogen (secondary N) is 1. The van der Waals surface area contributed by atoms with Crippen molar-refractivity contribution in [1.29, 1.82) is 0 Å². The minimum Gasteiger partial charge on any atom is -0.370 e. The molecule has 0 fully saturated rings. The molecule has 0 aliphatic carbocycles. The maximum Gasteiger partial charge on any atom is 0.193 e. The van der Waals surface area contributed by atoms with Gasteiger partial charge in [0.05, 0.1) is 2.88 Å². The first kappa shape index (κ1) is 17.7. The molecule has 0 aliphatic rings. The predicted octanol–water partition coefficient (Wildman–Crippen LogP) is 4.25. The van der Waals surface area contributed by atoms with E-state index in [-0.39, 0.29) is 24.0 Å². The molecule has 2 aromatic rings. The van der Waals surface area contributed by atoms with Gasteiger partial charge in [-0.25, -0.2) is 0 Å². The van der Waals surface area contributed by atoms with E-state index in [1.807, 2.05) is 24.3 Å².